The van der Waals surface area contributed by atoms with Gasteiger partial charge in [0, 0.05) is 35.6 Å². The lowest BCUT2D eigenvalue weighted by Gasteiger charge is -2.54. The highest BCUT2D eigenvalue weighted by molar-refractivity contribution is 6.30. The summed E-state index contributed by atoms with van der Waals surface area (Å²) in [6, 6.07) is 2.33. The van der Waals surface area contributed by atoms with Gasteiger partial charge in [0.25, 0.3) is 5.92 Å². The maximum absolute atomic E-state index is 15.3. The zero-order valence-corrected chi connectivity index (χ0v) is 25.8. The molecule has 3 aliphatic heterocycles. The lowest BCUT2D eigenvalue weighted by atomic mass is 9.71. The average molecular weight is 641 g/mol. The molecule has 0 aromatic heterocycles. The summed E-state index contributed by atoms with van der Waals surface area (Å²) < 4.78 is 50.1. The zero-order chi connectivity index (χ0) is 32.2. The first kappa shape index (κ1) is 33.6. The number of fused-ring (bicyclic) bond motifs is 3. The number of nitrogens with one attached hydrogen (secondary N) is 3. The third-order valence-electron chi connectivity index (χ3n) is 8.48. The minimum absolute atomic E-state index is 0.0266. The number of carbonyl (C=O) groups is 4. The first-order valence-electron chi connectivity index (χ1n) is 15.1. The summed E-state index contributed by atoms with van der Waals surface area (Å²) in [6.07, 6.45) is 1.32. The molecular weight excluding hydrogens is 601 g/mol. The van der Waals surface area contributed by atoms with Crippen molar-refractivity contribution >= 4 is 41.0 Å². The minimum Gasteiger partial charge on any atom is -0.461 e. The van der Waals surface area contributed by atoms with E-state index in [1.54, 1.807) is 24.3 Å². The second kappa shape index (κ2) is 14.2. The number of esters is 1. The van der Waals surface area contributed by atoms with Crippen LogP contribution in [-0.2, 0) is 23.9 Å². The molecule has 2 bridgehead atoms. The monoisotopic (exact) mass is 640 g/mol. The fraction of sp³-hybridized carbons (Fsp3) is 0.613. The molecule has 1 aliphatic carbocycles. The Morgan fingerprint density at radius 2 is 1.98 bits per heavy atom. The Kier molecular flexibility index (Phi) is 10.9. The molecule has 5 rings (SSSR count). The predicted octanol–water partition coefficient (Wildman–Crippen LogP) is 4.61. The molecule has 1 saturated carbocycles. The highest BCUT2D eigenvalue weighted by atomic mass is 35.5. The summed E-state index contributed by atoms with van der Waals surface area (Å²) in [7, 11) is 0. The van der Waals surface area contributed by atoms with Crippen molar-refractivity contribution in [1.29, 1.82) is 0 Å². The van der Waals surface area contributed by atoms with Gasteiger partial charge in [-0.15, -0.1) is 0 Å². The van der Waals surface area contributed by atoms with Gasteiger partial charge in [-0.1, -0.05) is 31.5 Å². The highest BCUT2D eigenvalue weighted by Crippen LogP contribution is 2.49. The van der Waals surface area contributed by atoms with E-state index >= 15 is 8.78 Å². The van der Waals surface area contributed by atoms with Gasteiger partial charge in [0.05, 0.1) is 18.6 Å². The molecule has 3 saturated heterocycles. The number of alkyl halides is 2. The van der Waals surface area contributed by atoms with Crippen molar-refractivity contribution in [2.24, 2.45) is 17.8 Å². The highest BCUT2D eigenvalue weighted by Gasteiger charge is 2.61. The number of hydrogen-bond acceptors (Lipinski definition) is 6. The molecule has 3 amide bonds. The third-order valence-corrected chi connectivity index (χ3v) is 8.71. The van der Waals surface area contributed by atoms with Gasteiger partial charge >= 0.3 is 5.97 Å². The predicted molar refractivity (Wildman–Crippen MR) is 159 cm³/mol. The van der Waals surface area contributed by atoms with Crippen LogP contribution in [0.3, 0.4) is 0 Å². The van der Waals surface area contributed by atoms with Crippen molar-refractivity contribution in [1.82, 2.24) is 15.5 Å². The van der Waals surface area contributed by atoms with Crippen LogP contribution in [0.1, 0.15) is 59.3 Å². The number of rotatable bonds is 12. The van der Waals surface area contributed by atoms with Gasteiger partial charge in [-0.25, -0.2) is 13.6 Å². The smallest absolute Gasteiger partial charge is 0.366 e. The van der Waals surface area contributed by atoms with E-state index in [9.17, 15) is 23.6 Å². The van der Waals surface area contributed by atoms with Crippen LogP contribution in [0.2, 0.25) is 5.02 Å². The Hall–Kier alpha value is -3.28. The van der Waals surface area contributed by atoms with Crippen molar-refractivity contribution in [3.63, 3.8) is 0 Å². The molecule has 44 heavy (non-hydrogen) atoms. The number of ether oxygens (including phenoxy) is 1. The van der Waals surface area contributed by atoms with Crippen molar-refractivity contribution in [2.75, 3.05) is 18.5 Å². The Labute approximate surface area is 260 Å². The molecule has 0 spiro atoms. The first-order valence-corrected chi connectivity index (χ1v) is 15.5. The van der Waals surface area contributed by atoms with E-state index in [-0.39, 0.29) is 31.3 Å². The van der Waals surface area contributed by atoms with Crippen molar-refractivity contribution < 1.29 is 37.1 Å². The topological polar surface area (TPSA) is 117 Å². The van der Waals surface area contributed by atoms with Crippen molar-refractivity contribution in [3.8, 4) is 0 Å². The normalized spacial score (nSPS) is 25.8. The fourth-order valence-corrected chi connectivity index (χ4v) is 6.72. The summed E-state index contributed by atoms with van der Waals surface area (Å²) >= 11 is 6.14. The van der Waals surface area contributed by atoms with Gasteiger partial charge in [-0.3, -0.25) is 14.4 Å². The van der Waals surface area contributed by atoms with E-state index in [1.807, 2.05) is 13.8 Å². The standard InChI is InChI=1S/C31H40ClF3N4O5/c1-4-44-30(43)24(33)15-21(13-18-10-11-36-27(18)40)38-28(41)26-23-9-8-22(16-31(23,34)35)39(26)29(42)25(12-17(2)3)37-20-7-5-6-19(32)14-20/h5-7,14-15,17-18,21-23,25-26,37H,4,8-13,16H2,1-3H3,(H,36,40)(H,38,41)/b24-15-/t18-,21+,22-,23-,25+,26-/m0/s1. The summed E-state index contributed by atoms with van der Waals surface area (Å²) in [5.74, 6) is -9.42. The van der Waals surface area contributed by atoms with Gasteiger partial charge in [0.1, 0.15) is 12.1 Å². The molecule has 0 unspecified atom stereocenters. The van der Waals surface area contributed by atoms with E-state index in [4.69, 9.17) is 16.3 Å². The van der Waals surface area contributed by atoms with E-state index < -0.39 is 72.0 Å². The van der Waals surface area contributed by atoms with Crippen LogP contribution in [-0.4, -0.2) is 71.8 Å². The molecule has 1 aromatic rings. The molecule has 3 heterocycles. The summed E-state index contributed by atoms with van der Waals surface area (Å²) in [6.45, 7) is 5.67. The van der Waals surface area contributed by atoms with Gasteiger partial charge < -0.3 is 25.6 Å². The van der Waals surface area contributed by atoms with Crippen LogP contribution in [0.25, 0.3) is 0 Å². The van der Waals surface area contributed by atoms with Crippen molar-refractivity contribution in [3.05, 3.63) is 41.2 Å². The molecule has 13 heteroatoms. The number of hydrogen-bond donors (Lipinski definition) is 3. The molecule has 6 atom stereocenters. The van der Waals surface area contributed by atoms with Crippen LogP contribution in [0, 0.1) is 17.8 Å². The molecule has 4 aliphatic rings. The van der Waals surface area contributed by atoms with Crippen LogP contribution in [0.4, 0.5) is 18.9 Å². The van der Waals surface area contributed by atoms with Crippen LogP contribution < -0.4 is 16.0 Å². The van der Waals surface area contributed by atoms with E-state index in [2.05, 4.69) is 16.0 Å². The summed E-state index contributed by atoms with van der Waals surface area (Å²) in [5, 5.41) is 8.90. The summed E-state index contributed by atoms with van der Waals surface area (Å²) in [4.78, 5) is 53.7. The number of amides is 3. The molecule has 9 nitrogen and oxygen atoms in total. The van der Waals surface area contributed by atoms with Crippen molar-refractivity contribution in [2.45, 2.75) is 89.4 Å². The maximum Gasteiger partial charge on any atom is 0.366 e. The largest absolute Gasteiger partial charge is 0.461 e. The second-order valence-corrected chi connectivity index (χ2v) is 12.6. The number of carbonyl (C=O) groups excluding carboxylic acids is 4. The van der Waals surface area contributed by atoms with E-state index in [0.29, 0.717) is 36.5 Å². The number of halogens is 4. The number of anilines is 1. The minimum atomic E-state index is -3.21. The van der Waals surface area contributed by atoms with Crippen LogP contribution in [0.5, 0.6) is 0 Å². The molecule has 0 radical (unpaired) electrons. The Bertz CT molecular complexity index is 1280. The van der Waals surface area contributed by atoms with Crippen LogP contribution in [0.15, 0.2) is 36.2 Å². The summed E-state index contributed by atoms with van der Waals surface area (Å²) in [5.41, 5.74) is 0.569. The van der Waals surface area contributed by atoms with E-state index in [1.165, 1.54) is 11.8 Å². The Morgan fingerprint density at radius 3 is 2.59 bits per heavy atom. The molecule has 1 aromatic carbocycles. The fourth-order valence-electron chi connectivity index (χ4n) is 6.53. The maximum atomic E-state index is 15.3. The Morgan fingerprint density at radius 1 is 1.23 bits per heavy atom. The van der Waals surface area contributed by atoms with Gasteiger partial charge in [-0.2, -0.15) is 4.39 Å². The lowest BCUT2D eigenvalue weighted by molar-refractivity contribution is -0.194. The average Bonchev–Trinajstić information content (AvgIpc) is 3.35. The van der Waals surface area contributed by atoms with Gasteiger partial charge in [0.2, 0.25) is 23.5 Å². The number of nitrogens with zero attached hydrogens (tertiary/aromatic N) is 1. The van der Waals surface area contributed by atoms with Gasteiger partial charge in [0.15, 0.2) is 0 Å². The molecule has 3 N–H and O–H groups in total. The van der Waals surface area contributed by atoms with Crippen LogP contribution >= 0.6 is 11.6 Å². The molecule has 4 fully saturated rings. The molecule has 242 valence electrons. The molecular formula is C31H40ClF3N4O5. The van der Waals surface area contributed by atoms with Gasteiger partial charge in [-0.05, 0) is 69.2 Å². The lowest BCUT2D eigenvalue weighted by Crippen LogP contribution is -2.70. The van der Waals surface area contributed by atoms with E-state index in [0.717, 1.165) is 6.08 Å². The third kappa shape index (κ3) is 7.86. The quantitative estimate of drug-likeness (QED) is 0.227. The SMILES string of the molecule is CCOC(=O)/C(F)=C/[C@@H](C[C@@H]1CCNC1=O)NC(=O)[C@@H]1[C@@H]2CC[C@@H](CC2(F)F)N1C(=O)[C@@H](CC(C)C)Nc1cccc(Cl)c1. The first-order chi connectivity index (χ1) is 20.8. The second-order valence-electron chi connectivity index (χ2n) is 12.2. The zero-order valence-electron chi connectivity index (χ0n) is 25.1. The number of benzene rings is 1. The number of piperidine rings is 2. The Balaban J connectivity index is 1.65.